The van der Waals surface area contributed by atoms with Crippen molar-refractivity contribution >= 4 is 17.5 Å². The van der Waals surface area contributed by atoms with Crippen molar-refractivity contribution < 1.29 is 4.79 Å². The van der Waals surface area contributed by atoms with Gasteiger partial charge in [0.1, 0.15) is 5.15 Å². The van der Waals surface area contributed by atoms with E-state index in [0.717, 1.165) is 19.5 Å². The fourth-order valence-corrected chi connectivity index (χ4v) is 2.31. The van der Waals surface area contributed by atoms with Crippen LogP contribution in [0.15, 0.2) is 18.3 Å². The molecule has 4 heteroatoms. The SMILES string of the molecule is CC(C)C1CCN(C(=O)c2ccc(Cl)nc2)C1. The summed E-state index contributed by atoms with van der Waals surface area (Å²) in [5, 5.41) is 0.419. The molecule has 1 amide bonds. The number of rotatable bonds is 2. The quantitative estimate of drug-likeness (QED) is 0.759. The molecule has 0 aliphatic carbocycles. The van der Waals surface area contributed by atoms with Gasteiger partial charge in [-0.25, -0.2) is 4.98 Å². The number of carbonyl (C=O) groups excluding carboxylic acids is 1. The zero-order valence-corrected chi connectivity index (χ0v) is 10.9. The Morgan fingerprint density at radius 3 is 2.82 bits per heavy atom. The van der Waals surface area contributed by atoms with Gasteiger partial charge >= 0.3 is 0 Å². The molecule has 1 fully saturated rings. The summed E-state index contributed by atoms with van der Waals surface area (Å²) >= 11 is 5.70. The predicted octanol–water partition coefficient (Wildman–Crippen LogP) is 2.85. The third-order valence-electron chi connectivity index (χ3n) is 3.43. The average molecular weight is 253 g/mol. The number of halogens is 1. The molecule has 1 unspecified atom stereocenters. The molecule has 0 aromatic carbocycles. The van der Waals surface area contributed by atoms with Gasteiger partial charge < -0.3 is 4.90 Å². The van der Waals surface area contributed by atoms with Crippen LogP contribution in [0, 0.1) is 11.8 Å². The maximum Gasteiger partial charge on any atom is 0.255 e. The van der Waals surface area contributed by atoms with Crippen LogP contribution in [0.25, 0.3) is 0 Å². The minimum absolute atomic E-state index is 0.0670. The van der Waals surface area contributed by atoms with Gasteiger partial charge in [0.05, 0.1) is 5.56 Å². The van der Waals surface area contributed by atoms with E-state index in [2.05, 4.69) is 18.8 Å². The van der Waals surface area contributed by atoms with Crippen LogP contribution >= 0.6 is 11.6 Å². The van der Waals surface area contributed by atoms with Crippen molar-refractivity contribution in [2.24, 2.45) is 11.8 Å². The highest BCUT2D eigenvalue weighted by atomic mass is 35.5. The van der Waals surface area contributed by atoms with Crippen LogP contribution < -0.4 is 0 Å². The minimum atomic E-state index is 0.0670. The van der Waals surface area contributed by atoms with Crippen LogP contribution in [0.5, 0.6) is 0 Å². The smallest absolute Gasteiger partial charge is 0.255 e. The highest BCUT2D eigenvalue weighted by Crippen LogP contribution is 2.24. The molecule has 1 aliphatic heterocycles. The molecule has 2 heterocycles. The van der Waals surface area contributed by atoms with E-state index < -0.39 is 0 Å². The standard InChI is InChI=1S/C13H17ClN2O/c1-9(2)11-5-6-16(8-11)13(17)10-3-4-12(14)15-7-10/h3-4,7,9,11H,5-6,8H2,1-2H3. The van der Waals surface area contributed by atoms with E-state index in [1.165, 1.54) is 0 Å². The van der Waals surface area contributed by atoms with Crippen LogP contribution in [0.4, 0.5) is 0 Å². The number of likely N-dealkylation sites (tertiary alicyclic amines) is 1. The van der Waals surface area contributed by atoms with Crippen molar-refractivity contribution in [3.8, 4) is 0 Å². The molecule has 3 nitrogen and oxygen atoms in total. The Bertz CT molecular complexity index is 402. The Labute approximate surface area is 107 Å². The van der Waals surface area contributed by atoms with Crippen LogP contribution in [-0.4, -0.2) is 28.9 Å². The summed E-state index contributed by atoms with van der Waals surface area (Å²) in [6.07, 6.45) is 2.65. The second kappa shape index (κ2) is 5.05. The number of nitrogens with zero attached hydrogens (tertiary/aromatic N) is 2. The molecule has 1 atom stereocenters. The monoisotopic (exact) mass is 252 g/mol. The summed E-state index contributed by atoms with van der Waals surface area (Å²) in [6, 6.07) is 3.39. The normalized spacial score (nSPS) is 20.0. The van der Waals surface area contributed by atoms with E-state index in [9.17, 15) is 4.79 Å². The Morgan fingerprint density at radius 1 is 1.53 bits per heavy atom. The molecule has 1 aromatic rings. The summed E-state index contributed by atoms with van der Waals surface area (Å²) in [4.78, 5) is 18.0. The molecule has 1 aromatic heterocycles. The zero-order valence-electron chi connectivity index (χ0n) is 10.2. The maximum atomic E-state index is 12.2. The molecule has 1 saturated heterocycles. The van der Waals surface area contributed by atoms with Gasteiger partial charge in [-0.2, -0.15) is 0 Å². The van der Waals surface area contributed by atoms with Gasteiger partial charge in [0.15, 0.2) is 0 Å². The van der Waals surface area contributed by atoms with Crippen LogP contribution in [-0.2, 0) is 0 Å². The number of hydrogen-bond acceptors (Lipinski definition) is 2. The van der Waals surface area contributed by atoms with Crippen LogP contribution in [0.2, 0.25) is 5.15 Å². The number of hydrogen-bond donors (Lipinski definition) is 0. The van der Waals surface area contributed by atoms with E-state index >= 15 is 0 Å². The van der Waals surface area contributed by atoms with Gasteiger partial charge in [-0.1, -0.05) is 25.4 Å². The van der Waals surface area contributed by atoms with Crippen molar-refractivity contribution in [3.63, 3.8) is 0 Å². The number of amides is 1. The lowest BCUT2D eigenvalue weighted by Crippen LogP contribution is -2.29. The van der Waals surface area contributed by atoms with Crippen LogP contribution in [0.3, 0.4) is 0 Å². The van der Waals surface area contributed by atoms with E-state index in [-0.39, 0.29) is 5.91 Å². The van der Waals surface area contributed by atoms with Gasteiger partial charge in [-0.05, 0) is 30.4 Å². The molecule has 0 spiro atoms. The highest BCUT2D eigenvalue weighted by molar-refractivity contribution is 6.29. The van der Waals surface area contributed by atoms with Crippen molar-refractivity contribution in [2.45, 2.75) is 20.3 Å². The number of carbonyl (C=O) groups is 1. The van der Waals surface area contributed by atoms with Crippen molar-refractivity contribution in [1.82, 2.24) is 9.88 Å². The molecule has 1 aliphatic rings. The fourth-order valence-electron chi connectivity index (χ4n) is 2.20. The molecule has 17 heavy (non-hydrogen) atoms. The summed E-state index contributed by atoms with van der Waals surface area (Å²) in [6.45, 7) is 6.13. The van der Waals surface area contributed by atoms with Gasteiger partial charge in [0, 0.05) is 19.3 Å². The van der Waals surface area contributed by atoms with Crippen molar-refractivity contribution in [2.75, 3.05) is 13.1 Å². The Balaban J connectivity index is 2.04. The molecular formula is C13H17ClN2O. The van der Waals surface area contributed by atoms with E-state index in [1.807, 2.05) is 4.90 Å². The van der Waals surface area contributed by atoms with E-state index in [1.54, 1.807) is 18.3 Å². The summed E-state index contributed by atoms with van der Waals surface area (Å²) in [5.74, 6) is 1.33. The molecule has 2 rings (SSSR count). The van der Waals surface area contributed by atoms with Crippen LogP contribution in [0.1, 0.15) is 30.6 Å². The first kappa shape index (κ1) is 12.4. The van der Waals surface area contributed by atoms with Crippen molar-refractivity contribution in [1.29, 1.82) is 0 Å². The second-order valence-corrected chi connectivity index (χ2v) is 5.30. The van der Waals surface area contributed by atoms with Gasteiger partial charge in [0.2, 0.25) is 0 Å². The molecule has 92 valence electrons. The van der Waals surface area contributed by atoms with Gasteiger partial charge in [-0.3, -0.25) is 4.79 Å². The minimum Gasteiger partial charge on any atom is -0.338 e. The van der Waals surface area contributed by atoms with Crippen molar-refractivity contribution in [3.05, 3.63) is 29.0 Å². The third-order valence-corrected chi connectivity index (χ3v) is 3.65. The van der Waals surface area contributed by atoms with E-state index in [4.69, 9.17) is 11.6 Å². The first-order valence-corrected chi connectivity index (χ1v) is 6.36. The molecule has 0 N–H and O–H groups in total. The zero-order chi connectivity index (χ0) is 12.4. The lowest BCUT2D eigenvalue weighted by Gasteiger charge is -2.18. The molecule has 0 radical (unpaired) electrons. The topological polar surface area (TPSA) is 33.2 Å². The lowest BCUT2D eigenvalue weighted by molar-refractivity contribution is 0.0783. The highest BCUT2D eigenvalue weighted by Gasteiger charge is 2.28. The third kappa shape index (κ3) is 2.78. The number of aromatic nitrogens is 1. The summed E-state index contributed by atoms with van der Waals surface area (Å²) < 4.78 is 0. The lowest BCUT2D eigenvalue weighted by atomic mass is 9.95. The first-order chi connectivity index (χ1) is 8.08. The maximum absolute atomic E-state index is 12.2. The molecule has 0 bridgehead atoms. The first-order valence-electron chi connectivity index (χ1n) is 5.98. The Kier molecular flexibility index (Phi) is 3.67. The molecule has 0 saturated carbocycles. The Morgan fingerprint density at radius 2 is 2.29 bits per heavy atom. The average Bonchev–Trinajstić information content (AvgIpc) is 2.78. The second-order valence-electron chi connectivity index (χ2n) is 4.91. The van der Waals surface area contributed by atoms with Gasteiger partial charge in [-0.15, -0.1) is 0 Å². The fraction of sp³-hybridized carbons (Fsp3) is 0.538. The predicted molar refractivity (Wildman–Crippen MR) is 68.1 cm³/mol. The largest absolute Gasteiger partial charge is 0.338 e. The summed E-state index contributed by atoms with van der Waals surface area (Å²) in [5.41, 5.74) is 0.624. The van der Waals surface area contributed by atoms with E-state index in [0.29, 0.717) is 22.6 Å². The summed E-state index contributed by atoms with van der Waals surface area (Å²) in [7, 11) is 0. The number of pyridine rings is 1. The molecular weight excluding hydrogens is 236 g/mol. The Hall–Kier alpha value is -1.09. The van der Waals surface area contributed by atoms with Gasteiger partial charge in [0.25, 0.3) is 5.91 Å².